The van der Waals surface area contributed by atoms with Gasteiger partial charge in [0.05, 0.1) is 23.5 Å². The first-order chi connectivity index (χ1) is 16.6. The molecular formula is C28H32N4O2. The molecule has 0 unspecified atom stereocenters. The van der Waals surface area contributed by atoms with Crippen LogP contribution >= 0.6 is 0 Å². The van der Waals surface area contributed by atoms with Crippen molar-refractivity contribution in [3.05, 3.63) is 78.4 Å². The van der Waals surface area contributed by atoms with Crippen molar-refractivity contribution in [3.63, 3.8) is 0 Å². The number of rotatable bonds is 9. The normalized spacial score (nSPS) is 10.9. The van der Waals surface area contributed by atoms with Crippen molar-refractivity contribution in [3.8, 4) is 17.0 Å². The summed E-state index contributed by atoms with van der Waals surface area (Å²) in [6.45, 7) is 6.18. The Kier molecular flexibility index (Phi) is 7.38. The highest BCUT2D eigenvalue weighted by atomic mass is 16.5. The molecule has 0 bridgehead atoms. The molecule has 4 rings (SSSR count). The lowest BCUT2D eigenvalue weighted by molar-refractivity contribution is 0.252. The van der Waals surface area contributed by atoms with Crippen molar-refractivity contribution in [1.82, 2.24) is 9.88 Å². The Hall–Kier alpha value is -3.93. The number of amides is 2. The smallest absolute Gasteiger partial charge is 0.319 e. The van der Waals surface area contributed by atoms with Crippen LogP contribution in [-0.2, 0) is 13.0 Å². The molecule has 6 nitrogen and oxygen atoms in total. The fraction of sp³-hybridized carbons (Fsp3) is 0.250. The molecule has 0 fully saturated rings. The number of nitrogens with one attached hydrogen (secondary N) is 2. The second-order valence-corrected chi connectivity index (χ2v) is 8.22. The van der Waals surface area contributed by atoms with Crippen molar-refractivity contribution >= 4 is 28.3 Å². The molecule has 2 amide bonds. The molecule has 0 saturated carbocycles. The van der Waals surface area contributed by atoms with Crippen LogP contribution in [0.5, 0.6) is 5.75 Å². The third-order valence-corrected chi connectivity index (χ3v) is 5.79. The second-order valence-electron chi connectivity index (χ2n) is 8.22. The number of carbonyl (C=O) groups is 1. The summed E-state index contributed by atoms with van der Waals surface area (Å²) in [5, 5.41) is 6.83. The summed E-state index contributed by atoms with van der Waals surface area (Å²) in [5.41, 5.74) is 12.4. The van der Waals surface area contributed by atoms with Crippen LogP contribution in [0.25, 0.3) is 22.2 Å². The van der Waals surface area contributed by atoms with Gasteiger partial charge in [0.25, 0.3) is 0 Å². The minimum atomic E-state index is -0.216. The number of carbonyl (C=O) groups excluding carboxylic acids is 1. The Labute approximate surface area is 200 Å². The van der Waals surface area contributed by atoms with E-state index in [1.807, 2.05) is 61.5 Å². The summed E-state index contributed by atoms with van der Waals surface area (Å²) in [6, 6.07) is 23.8. The highest BCUT2D eigenvalue weighted by molar-refractivity contribution is 6.01. The van der Waals surface area contributed by atoms with Gasteiger partial charge >= 0.3 is 6.03 Å². The zero-order valence-electron chi connectivity index (χ0n) is 19.8. The van der Waals surface area contributed by atoms with Crippen molar-refractivity contribution in [2.75, 3.05) is 24.2 Å². The summed E-state index contributed by atoms with van der Waals surface area (Å²) >= 11 is 0. The average Bonchev–Trinajstić information content (AvgIpc) is 3.12. The minimum Gasteiger partial charge on any atom is -0.494 e. The topological polar surface area (TPSA) is 81.3 Å². The van der Waals surface area contributed by atoms with E-state index in [4.69, 9.17) is 10.5 Å². The molecule has 0 aliphatic heterocycles. The molecule has 0 atom stereocenters. The van der Waals surface area contributed by atoms with Gasteiger partial charge in [-0.15, -0.1) is 0 Å². The molecule has 4 aromatic rings. The Balaban J connectivity index is 1.49. The van der Waals surface area contributed by atoms with Gasteiger partial charge in [0.2, 0.25) is 0 Å². The first-order valence-electron chi connectivity index (χ1n) is 11.8. The maximum absolute atomic E-state index is 12.3. The Morgan fingerprint density at radius 2 is 1.76 bits per heavy atom. The number of nitrogens with two attached hydrogens (primary N) is 1. The van der Waals surface area contributed by atoms with E-state index in [1.165, 1.54) is 5.56 Å². The highest BCUT2D eigenvalue weighted by Gasteiger charge is 2.17. The molecule has 0 aliphatic carbocycles. The summed E-state index contributed by atoms with van der Waals surface area (Å²) < 4.78 is 7.96. The SMILES string of the molecule is CCCn1c(-c2ccc(NC(=O)NCCc3ccccc3)cc2)c(N)c2ccc(OCC)cc21. The lowest BCUT2D eigenvalue weighted by Crippen LogP contribution is -2.30. The number of nitrogen functional groups attached to an aromatic ring is 1. The van der Waals surface area contributed by atoms with Crippen molar-refractivity contribution in [2.45, 2.75) is 33.2 Å². The second kappa shape index (κ2) is 10.8. The standard InChI is InChI=1S/C28H32N4O2/c1-3-18-32-25-19-23(34-4-2)14-15-24(25)26(29)27(32)21-10-12-22(13-11-21)31-28(33)30-17-16-20-8-6-5-7-9-20/h5-15,19H,3-4,16-18,29H2,1-2H3,(H2,30,31,33). The number of nitrogens with zero attached hydrogens (tertiary/aromatic N) is 1. The molecule has 1 heterocycles. The highest BCUT2D eigenvalue weighted by Crippen LogP contribution is 2.38. The zero-order valence-corrected chi connectivity index (χ0v) is 19.8. The van der Waals surface area contributed by atoms with E-state index in [2.05, 4.69) is 40.3 Å². The molecule has 0 radical (unpaired) electrons. The van der Waals surface area contributed by atoms with E-state index in [0.29, 0.717) is 13.2 Å². The number of anilines is 2. The Morgan fingerprint density at radius 1 is 1.00 bits per heavy atom. The van der Waals surface area contributed by atoms with Gasteiger partial charge in [0.1, 0.15) is 5.75 Å². The van der Waals surface area contributed by atoms with Gasteiger partial charge in [-0.1, -0.05) is 49.4 Å². The van der Waals surface area contributed by atoms with E-state index in [1.54, 1.807) is 0 Å². The molecule has 1 aromatic heterocycles. The van der Waals surface area contributed by atoms with Gasteiger partial charge in [0, 0.05) is 35.8 Å². The van der Waals surface area contributed by atoms with Crippen LogP contribution in [0, 0.1) is 0 Å². The molecule has 3 aromatic carbocycles. The summed E-state index contributed by atoms with van der Waals surface area (Å²) in [7, 11) is 0. The summed E-state index contributed by atoms with van der Waals surface area (Å²) in [5.74, 6) is 0.842. The van der Waals surface area contributed by atoms with Crippen molar-refractivity contribution < 1.29 is 9.53 Å². The van der Waals surface area contributed by atoms with Crippen LogP contribution in [0.1, 0.15) is 25.8 Å². The van der Waals surface area contributed by atoms with Gasteiger partial charge in [-0.2, -0.15) is 0 Å². The number of fused-ring (bicyclic) bond motifs is 1. The van der Waals surface area contributed by atoms with Gasteiger partial charge in [-0.05, 0) is 49.6 Å². The third kappa shape index (κ3) is 5.17. The number of hydrogen-bond acceptors (Lipinski definition) is 3. The zero-order chi connectivity index (χ0) is 23.9. The van der Waals surface area contributed by atoms with E-state index < -0.39 is 0 Å². The van der Waals surface area contributed by atoms with Crippen LogP contribution in [0.4, 0.5) is 16.2 Å². The predicted octanol–water partition coefficient (Wildman–Crippen LogP) is 6.06. The Bertz CT molecular complexity index is 1250. The number of ether oxygens (including phenoxy) is 1. The van der Waals surface area contributed by atoms with Crippen LogP contribution in [-0.4, -0.2) is 23.7 Å². The predicted molar refractivity (Wildman–Crippen MR) is 140 cm³/mol. The molecule has 0 spiro atoms. The van der Waals surface area contributed by atoms with Crippen molar-refractivity contribution in [2.24, 2.45) is 0 Å². The maximum atomic E-state index is 12.3. The van der Waals surface area contributed by atoms with Gasteiger partial charge in [-0.25, -0.2) is 4.79 Å². The fourth-order valence-corrected chi connectivity index (χ4v) is 4.23. The maximum Gasteiger partial charge on any atom is 0.319 e. The summed E-state index contributed by atoms with van der Waals surface area (Å²) in [6.07, 6.45) is 1.78. The fourth-order valence-electron chi connectivity index (χ4n) is 4.23. The van der Waals surface area contributed by atoms with E-state index in [9.17, 15) is 4.79 Å². The van der Waals surface area contributed by atoms with Gasteiger partial charge in [-0.3, -0.25) is 0 Å². The third-order valence-electron chi connectivity index (χ3n) is 5.79. The van der Waals surface area contributed by atoms with Crippen LogP contribution < -0.4 is 21.1 Å². The van der Waals surface area contributed by atoms with E-state index in [-0.39, 0.29) is 6.03 Å². The first-order valence-corrected chi connectivity index (χ1v) is 11.8. The van der Waals surface area contributed by atoms with Gasteiger partial charge < -0.3 is 25.7 Å². The number of hydrogen-bond donors (Lipinski definition) is 3. The van der Waals surface area contributed by atoms with Gasteiger partial charge in [0.15, 0.2) is 0 Å². The van der Waals surface area contributed by atoms with Crippen LogP contribution in [0.2, 0.25) is 0 Å². The molecule has 0 aliphatic rings. The molecule has 34 heavy (non-hydrogen) atoms. The molecular weight excluding hydrogens is 424 g/mol. The van der Waals surface area contributed by atoms with Crippen LogP contribution in [0.3, 0.4) is 0 Å². The Morgan fingerprint density at radius 3 is 2.47 bits per heavy atom. The largest absolute Gasteiger partial charge is 0.494 e. The lowest BCUT2D eigenvalue weighted by Gasteiger charge is -2.12. The quantitative estimate of drug-likeness (QED) is 0.286. The van der Waals surface area contributed by atoms with Crippen LogP contribution in [0.15, 0.2) is 72.8 Å². The van der Waals surface area contributed by atoms with E-state index in [0.717, 1.165) is 58.7 Å². The minimum absolute atomic E-state index is 0.216. The monoisotopic (exact) mass is 456 g/mol. The number of urea groups is 1. The number of aryl methyl sites for hydroxylation is 1. The van der Waals surface area contributed by atoms with Crippen molar-refractivity contribution in [1.29, 1.82) is 0 Å². The molecule has 0 saturated heterocycles. The molecule has 176 valence electrons. The summed E-state index contributed by atoms with van der Waals surface area (Å²) in [4.78, 5) is 12.3. The average molecular weight is 457 g/mol. The molecule has 4 N–H and O–H groups in total. The number of aromatic nitrogens is 1. The lowest BCUT2D eigenvalue weighted by atomic mass is 10.1. The molecule has 6 heteroatoms. The first kappa shape index (κ1) is 23.2. The number of benzene rings is 3. The van der Waals surface area contributed by atoms with E-state index >= 15 is 0 Å².